The lowest BCUT2D eigenvalue weighted by Gasteiger charge is -2.17. The molecule has 4 aliphatic rings. The van der Waals surface area contributed by atoms with E-state index in [9.17, 15) is 4.79 Å². The van der Waals surface area contributed by atoms with Gasteiger partial charge in [-0.2, -0.15) is 0 Å². The van der Waals surface area contributed by atoms with Crippen molar-refractivity contribution >= 4 is 5.78 Å². The van der Waals surface area contributed by atoms with Crippen molar-refractivity contribution in [3.63, 3.8) is 0 Å². The van der Waals surface area contributed by atoms with E-state index in [-0.39, 0.29) is 18.4 Å². The summed E-state index contributed by atoms with van der Waals surface area (Å²) in [6, 6.07) is 12.2. The number of ether oxygens (including phenoxy) is 4. The third kappa shape index (κ3) is 3.50. The number of carbonyl (C=O) groups is 1. The zero-order valence-corrected chi connectivity index (χ0v) is 17.0. The zero-order valence-electron chi connectivity index (χ0n) is 17.0. The highest BCUT2D eigenvalue weighted by molar-refractivity contribution is 6.11. The van der Waals surface area contributed by atoms with Crippen LogP contribution in [0.5, 0.6) is 0 Å². The summed E-state index contributed by atoms with van der Waals surface area (Å²) in [5.41, 5.74) is 5.96. The molecule has 2 aromatic rings. The van der Waals surface area contributed by atoms with Gasteiger partial charge >= 0.3 is 0 Å². The van der Waals surface area contributed by atoms with Gasteiger partial charge in [-0.25, -0.2) is 0 Å². The summed E-state index contributed by atoms with van der Waals surface area (Å²) in [5.74, 6) is 1.06. The molecular formula is C25H26O5. The predicted molar refractivity (Wildman–Crippen MR) is 110 cm³/mol. The van der Waals surface area contributed by atoms with Crippen molar-refractivity contribution < 1.29 is 23.7 Å². The average molecular weight is 406 g/mol. The molecule has 6 rings (SSSR count). The van der Waals surface area contributed by atoms with Gasteiger partial charge < -0.3 is 18.9 Å². The van der Waals surface area contributed by atoms with E-state index in [4.69, 9.17) is 18.9 Å². The van der Waals surface area contributed by atoms with Crippen LogP contribution in [0.2, 0.25) is 0 Å². The van der Waals surface area contributed by atoms with E-state index < -0.39 is 0 Å². The van der Waals surface area contributed by atoms with Gasteiger partial charge in [-0.3, -0.25) is 4.79 Å². The maximum atomic E-state index is 13.7. The summed E-state index contributed by atoms with van der Waals surface area (Å²) in [5, 5.41) is 0. The second-order valence-corrected chi connectivity index (χ2v) is 8.72. The van der Waals surface area contributed by atoms with Crippen molar-refractivity contribution in [1.29, 1.82) is 0 Å². The van der Waals surface area contributed by atoms with Crippen LogP contribution in [0.1, 0.15) is 88.3 Å². The van der Waals surface area contributed by atoms with E-state index in [1.54, 1.807) is 0 Å². The van der Waals surface area contributed by atoms with Gasteiger partial charge in [0.25, 0.3) is 0 Å². The lowest BCUT2D eigenvalue weighted by atomic mass is 9.89. The molecule has 5 heteroatoms. The third-order valence-corrected chi connectivity index (χ3v) is 6.46. The van der Waals surface area contributed by atoms with E-state index in [0.29, 0.717) is 38.3 Å². The first-order chi connectivity index (χ1) is 14.8. The van der Waals surface area contributed by atoms with Crippen LogP contribution in [0.25, 0.3) is 0 Å². The molecule has 0 atom stereocenters. The normalized spacial score (nSPS) is 22.7. The molecule has 2 saturated carbocycles. The summed E-state index contributed by atoms with van der Waals surface area (Å²) in [7, 11) is 0. The monoisotopic (exact) mass is 406 g/mol. The second-order valence-electron chi connectivity index (χ2n) is 8.72. The number of hydrogen-bond donors (Lipinski definition) is 0. The molecule has 2 aliphatic heterocycles. The van der Waals surface area contributed by atoms with Gasteiger partial charge in [0, 0.05) is 22.3 Å². The summed E-state index contributed by atoms with van der Waals surface area (Å²) < 4.78 is 22.7. The largest absolute Gasteiger partial charge is 0.346 e. The molecule has 0 radical (unpaired) electrons. The van der Waals surface area contributed by atoms with Crippen molar-refractivity contribution in [3.8, 4) is 0 Å². The van der Waals surface area contributed by atoms with Crippen LogP contribution < -0.4 is 0 Å². The molecule has 4 fully saturated rings. The molecular weight excluding hydrogens is 380 g/mol. The minimum absolute atomic E-state index is 0.124. The number of ketones is 1. The highest BCUT2D eigenvalue weighted by Crippen LogP contribution is 2.46. The molecule has 0 aromatic heterocycles. The lowest BCUT2D eigenvalue weighted by Crippen LogP contribution is -2.11. The Hall–Kier alpha value is -2.05. The van der Waals surface area contributed by atoms with Gasteiger partial charge in [0.2, 0.25) is 0 Å². The first kappa shape index (κ1) is 18.7. The first-order valence-electron chi connectivity index (χ1n) is 11.1. The highest BCUT2D eigenvalue weighted by atomic mass is 16.7. The Morgan fingerprint density at radius 1 is 0.633 bits per heavy atom. The minimum atomic E-state index is -0.306. The van der Waals surface area contributed by atoms with Gasteiger partial charge in [-0.15, -0.1) is 0 Å². The van der Waals surface area contributed by atoms with Crippen LogP contribution in [0.15, 0.2) is 36.4 Å². The van der Waals surface area contributed by atoms with Crippen molar-refractivity contribution in [3.05, 3.63) is 69.8 Å². The van der Waals surface area contributed by atoms with Gasteiger partial charge in [-0.1, -0.05) is 24.3 Å². The third-order valence-electron chi connectivity index (χ3n) is 6.46. The van der Waals surface area contributed by atoms with E-state index >= 15 is 0 Å². The minimum Gasteiger partial charge on any atom is -0.346 e. The van der Waals surface area contributed by atoms with E-state index in [1.165, 1.54) is 0 Å². The quantitative estimate of drug-likeness (QED) is 0.647. The Morgan fingerprint density at radius 2 is 1.03 bits per heavy atom. The first-order valence-corrected chi connectivity index (χ1v) is 11.1. The Labute approximate surface area is 176 Å². The molecule has 2 aliphatic carbocycles. The maximum Gasteiger partial charge on any atom is 0.193 e. The summed E-state index contributed by atoms with van der Waals surface area (Å²) >= 11 is 0. The van der Waals surface area contributed by atoms with Crippen molar-refractivity contribution in [2.75, 3.05) is 26.4 Å². The number of benzene rings is 2. The Balaban J connectivity index is 1.36. The number of carbonyl (C=O) groups excluding carboxylic acids is 1. The van der Waals surface area contributed by atoms with Crippen LogP contribution >= 0.6 is 0 Å². The fourth-order valence-corrected chi connectivity index (χ4v) is 4.58. The predicted octanol–water partition coefficient (Wildman–Crippen LogP) is 4.76. The standard InChI is InChI=1S/C25H26O5/c26-23(19-7-5-17(24-27-9-10-28-24)13-21(19)15-1-2-15)20-8-6-18(25-29-11-12-30-25)14-22(20)16-3-4-16/h5-8,13-16,24-25H,1-4,9-12H2. The van der Waals surface area contributed by atoms with Crippen molar-refractivity contribution in [2.45, 2.75) is 50.1 Å². The van der Waals surface area contributed by atoms with Gasteiger partial charge in [0.05, 0.1) is 26.4 Å². The molecule has 5 nitrogen and oxygen atoms in total. The number of hydrogen-bond acceptors (Lipinski definition) is 5. The highest BCUT2D eigenvalue weighted by Gasteiger charge is 2.34. The van der Waals surface area contributed by atoms with Crippen LogP contribution in [0.4, 0.5) is 0 Å². The Kier molecular flexibility index (Phi) is 4.72. The molecule has 2 heterocycles. The van der Waals surface area contributed by atoms with Crippen molar-refractivity contribution in [1.82, 2.24) is 0 Å². The average Bonchev–Trinajstić information content (AvgIpc) is 3.70. The van der Waals surface area contributed by atoms with Crippen molar-refractivity contribution in [2.24, 2.45) is 0 Å². The smallest absolute Gasteiger partial charge is 0.193 e. The van der Waals surface area contributed by atoms with Crippen LogP contribution in [-0.2, 0) is 18.9 Å². The topological polar surface area (TPSA) is 54.0 Å². The molecule has 0 unspecified atom stereocenters. The van der Waals surface area contributed by atoms with E-state index in [1.807, 2.05) is 24.3 Å². The molecule has 0 N–H and O–H groups in total. The summed E-state index contributed by atoms with van der Waals surface area (Å²) in [6.45, 7) is 2.48. The second kappa shape index (κ2) is 7.57. The molecule has 0 bridgehead atoms. The molecule has 0 amide bonds. The van der Waals surface area contributed by atoms with Gasteiger partial charge in [-0.05, 0) is 60.8 Å². The van der Waals surface area contributed by atoms with Crippen LogP contribution in [0.3, 0.4) is 0 Å². The summed E-state index contributed by atoms with van der Waals surface area (Å²) in [4.78, 5) is 13.7. The molecule has 0 spiro atoms. The Bertz CT molecular complexity index is 886. The SMILES string of the molecule is O=C(c1ccc(C2OCCO2)cc1C1CC1)c1ccc(C2OCCO2)cc1C1CC1. The molecule has 2 aromatic carbocycles. The van der Waals surface area contributed by atoms with Gasteiger partial charge in [0.1, 0.15) is 0 Å². The van der Waals surface area contributed by atoms with E-state index in [0.717, 1.165) is 59.1 Å². The summed E-state index contributed by atoms with van der Waals surface area (Å²) in [6.07, 6.45) is 3.95. The fourth-order valence-electron chi connectivity index (χ4n) is 4.58. The lowest BCUT2D eigenvalue weighted by molar-refractivity contribution is -0.0443. The number of rotatable bonds is 6. The van der Waals surface area contributed by atoms with E-state index in [2.05, 4.69) is 12.1 Å². The molecule has 156 valence electrons. The van der Waals surface area contributed by atoms with Crippen LogP contribution in [0, 0.1) is 0 Å². The molecule has 2 saturated heterocycles. The molecule has 30 heavy (non-hydrogen) atoms. The maximum absolute atomic E-state index is 13.7. The Morgan fingerprint density at radius 3 is 1.40 bits per heavy atom. The fraction of sp³-hybridized carbons (Fsp3) is 0.480. The zero-order chi connectivity index (χ0) is 20.1. The van der Waals surface area contributed by atoms with Gasteiger partial charge in [0.15, 0.2) is 18.4 Å². The van der Waals surface area contributed by atoms with Crippen LogP contribution in [-0.4, -0.2) is 32.2 Å².